The molecular weight excluding hydrogens is 673 g/mol. The van der Waals surface area contributed by atoms with Crippen molar-refractivity contribution in [1.82, 2.24) is 40.1 Å². The summed E-state index contributed by atoms with van der Waals surface area (Å²) >= 11 is 8.09. The van der Waals surface area contributed by atoms with Crippen LogP contribution in [-0.2, 0) is 26.2 Å². The highest BCUT2D eigenvalue weighted by atomic mass is 32.2. The number of amides is 5. The molecule has 2 aromatic rings. The number of H-pyrrole nitrogens is 1. The van der Waals surface area contributed by atoms with Crippen molar-refractivity contribution in [3.8, 4) is 0 Å². The van der Waals surface area contributed by atoms with Crippen molar-refractivity contribution in [2.45, 2.75) is 36.0 Å². The van der Waals surface area contributed by atoms with Crippen molar-refractivity contribution in [3.05, 3.63) is 67.9 Å². The smallest absolute Gasteiger partial charge is 0.352 e. The molecule has 0 saturated carbocycles. The summed E-state index contributed by atoms with van der Waals surface area (Å²) in [5, 5.41) is 21.2. The second-order valence-corrected chi connectivity index (χ2v) is 13.3. The molecule has 2 saturated heterocycles. The maximum atomic E-state index is 13.9. The van der Waals surface area contributed by atoms with Crippen molar-refractivity contribution < 1.29 is 29.1 Å². The minimum Gasteiger partial charge on any atom is -0.477 e. The molecule has 4 N–H and O–H groups in total. The first kappa shape index (κ1) is 33.9. The first-order valence-electron chi connectivity index (χ1n) is 14.3. The molecule has 19 heteroatoms. The molecule has 5 amide bonds. The minimum atomic E-state index is -1.28. The van der Waals surface area contributed by atoms with Gasteiger partial charge in [-0.15, -0.1) is 16.9 Å². The molecule has 0 spiro atoms. The van der Waals surface area contributed by atoms with Gasteiger partial charge in [0.2, 0.25) is 5.91 Å². The number of carboxylic acids is 1. The zero-order chi connectivity index (χ0) is 34.2. The van der Waals surface area contributed by atoms with Gasteiger partial charge in [0.25, 0.3) is 0 Å². The van der Waals surface area contributed by atoms with Crippen LogP contribution in [0.3, 0.4) is 0 Å². The number of urea groups is 1. The molecule has 5 rings (SSSR count). The molecule has 1 aromatic heterocycles. The van der Waals surface area contributed by atoms with Gasteiger partial charge in [0.05, 0.1) is 0 Å². The fourth-order valence-corrected chi connectivity index (χ4v) is 8.42. The van der Waals surface area contributed by atoms with E-state index < -0.39 is 57.8 Å². The second-order valence-electron chi connectivity index (χ2n) is 10.9. The largest absolute Gasteiger partial charge is 0.477 e. The lowest BCUT2D eigenvalue weighted by molar-refractivity contribution is -0.153. The molecule has 3 atom stereocenters. The number of hydrogen-bond donors (Lipinski definition) is 4. The minimum absolute atomic E-state index is 0.0393. The van der Waals surface area contributed by atoms with Crippen LogP contribution in [0.15, 0.2) is 56.3 Å². The van der Waals surface area contributed by atoms with Gasteiger partial charge in [0.15, 0.2) is 5.16 Å². The SMILES string of the molecule is CCN1CCN(C(=O)NC(C(=O)N[C@]2(C)C(=S)N3C(C(=O)O)=C(CSc4n[nH]c(=O)c(=O)n4C)CS[C@H]32)c2ccccc2)C(=O)C1=O. The maximum Gasteiger partial charge on any atom is 0.352 e. The van der Waals surface area contributed by atoms with Gasteiger partial charge in [-0.25, -0.2) is 14.7 Å². The molecule has 16 nitrogen and oxygen atoms in total. The summed E-state index contributed by atoms with van der Waals surface area (Å²) in [5.74, 6) is -3.32. The van der Waals surface area contributed by atoms with Crippen molar-refractivity contribution in [2.75, 3.05) is 31.1 Å². The molecule has 4 heterocycles. The highest BCUT2D eigenvalue weighted by Crippen LogP contribution is 2.47. The summed E-state index contributed by atoms with van der Waals surface area (Å²) in [7, 11) is 1.39. The molecule has 3 aliphatic heterocycles. The summed E-state index contributed by atoms with van der Waals surface area (Å²) in [6, 6.07) is 6.13. The van der Waals surface area contributed by atoms with Gasteiger partial charge < -0.3 is 25.5 Å². The number of carbonyl (C=O) groups excluding carboxylic acids is 4. The van der Waals surface area contributed by atoms with Gasteiger partial charge in [-0.05, 0) is 25.0 Å². The summed E-state index contributed by atoms with van der Waals surface area (Å²) in [6.45, 7) is 3.83. The van der Waals surface area contributed by atoms with Crippen LogP contribution in [0.2, 0.25) is 0 Å². The van der Waals surface area contributed by atoms with Gasteiger partial charge in [0, 0.05) is 38.2 Å². The van der Waals surface area contributed by atoms with Gasteiger partial charge in [0.1, 0.15) is 27.6 Å². The number of imide groups is 1. The Morgan fingerprint density at radius 1 is 1.17 bits per heavy atom. The predicted molar refractivity (Wildman–Crippen MR) is 174 cm³/mol. The fraction of sp³-hybridized carbons (Fsp3) is 0.393. The molecule has 1 aromatic carbocycles. The Bertz CT molecular complexity index is 1830. The topological polar surface area (TPSA) is 207 Å². The van der Waals surface area contributed by atoms with Crippen LogP contribution in [0.5, 0.6) is 0 Å². The lowest BCUT2D eigenvalue weighted by atomic mass is 9.88. The number of fused-ring (bicyclic) bond motifs is 1. The Hall–Kier alpha value is -4.49. The van der Waals surface area contributed by atoms with Crippen LogP contribution >= 0.6 is 35.7 Å². The summed E-state index contributed by atoms with van der Waals surface area (Å²) < 4.78 is 1.07. The lowest BCUT2D eigenvalue weighted by Crippen LogP contribution is -2.78. The molecule has 248 valence electrons. The molecule has 1 unspecified atom stereocenters. The van der Waals surface area contributed by atoms with Gasteiger partial charge >= 0.3 is 34.9 Å². The van der Waals surface area contributed by atoms with Crippen LogP contribution in [-0.4, -0.2) is 111 Å². The molecule has 0 bridgehead atoms. The highest BCUT2D eigenvalue weighted by Gasteiger charge is 2.60. The molecule has 0 aliphatic carbocycles. The van der Waals surface area contributed by atoms with E-state index in [1.165, 1.54) is 28.6 Å². The van der Waals surface area contributed by atoms with E-state index in [0.29, 0.717) is 17.7 Å². The Balaban J connectivity index is 1.34. The summed E-state index contributed by atoms with van der Waals surface area (Å²) in [6.07, 6.45) is 0. The number of aromatic amines is 1. The number of carboxylic acid groups (broad SMARTS) is 1. The Morgan fingerprint density at radius 3 is 2.53 bits per heavy atom. The van der Waals surface area contributed by atoms with Gasteiger partial charge in [-0.2, -0.15) is 0 Å². The van der Waals surface area contributed by atoms with Crippen molar-refractivity contribution in [3.63, 3.8) is 0 Å². The average Bonchev–Trinajstić information content (AvgIpc) is 3.06. The first-order valence-corrected chi connectivity index (χ1v) is 16.7. The molecule has 2 fully saturated rings. The van der Waals surface area contributed by atoms with Crippen LogP contribution in [0.4, 0.5) is 4.79 Å². The Kier molecular flexibility index (Phi) is 9.60. The van der Waals surface area contributed by atoms with E-state index in [9.17, 15) is 38.7 Å². The highest BCUT2D eigenvalue weighted by molar-refractivity contribution is 8.01. The molecule has 3 aliphatic rings. The number of rotatable bonds is 9. The van der Waals surface area contributed by atoms with Crippen LogP contribution in [0.25, 0.3) is 0 Å². The Morgan fingerprint density at radius 2 is 1.87 bits per heavy atom. The van der Waals surface area contributed by atoms with E-state index >= 15 is 0 Å². The number of carbonyl (C=O) groups is 5. The van der Waals surface area contributed by atoms with Crippen LogP contribution < -0.4 is 21.8 Å². The molecule has 47 heavy (non-hydrogen) atoms. The van der Waals surface area contributed by atoms with E-state index in [4.69, 9.17) is 12.2 Å². The van der Waals surface area contributed by atoms with E-state index in [1.807, 2.05) is 0 Å². The molecular formula is C28H30N8O8S3. The summed E-state index contributed by atoms with van der Waals surface area (Å²) in [5.41, 5.74) is -2.03. The van der Waals surface area contributed by atoms with Crippen molar-refractivity contribution in [1.29, 1.82) is 0 Å². The summed E-state index contributed by atoms with van der Waals surface area (Å²) in [4.78, 5) is 91.9. The third-order valence-corrected chi connectivity index (χ3v) is 11.2. The second kappa shape index (κ2) is 13.3. The number of hydrogen-bond acceptors (Lipinski definition) is 11. The number of nitrogens with zero attached hydrogens (tertiary/aromatic N) is 5. The van der Waals surface area contributed by atoms with Crippen molar-refractivity contribution in [2.24, 2.45) is 7.05 Å². The maximum absolute atomic E-state index is 13.9. The van der Waals surface area contributed by atoms with Gasteiger partial charge in [-0.3, -0.25) is 33.4 Å². The number of aliphatic carboxylic acids is 1. The Labute approximate surface area is 280 Å². The number of aromatic nitrogens is 3. The number of likely N-dealkylation sites (N-methyl/N-ethyl adjacent to an activating group) is 1. The zero-order valence-corrected chi connectivity index (χ0v) is 27.8. The van der Waals surface area contributed by atoms with Crippen molar-refractivity contribution >= 4 is 70.5 Å². The van der Waals surface area contributed by atoms with E-state index in [-0.39, 0.29) is 40.4 Å². The first-order chi connectivity index (χ1) is 22.3. The molecule has 0 radical (unpaired) electrons. The lowest BCUT2D eigenvalue weighted by Gasteiger charge is -2.58. The van der Waals surface area contributed by atoms with E-state index in [0.717, 1.165) is 21.2 Å². The average molecular weight is 703 g/mol. The standard InChI is InChI=1S/C28H30N8O8S3/c1-4-34-10-11-35(22(41)21(34)40)26(44)29-16(14-8-6-5-7-9-14)18(37)30-28(2)24(45)36-17(23(42)43)15(12-46-25(28)36)13-47-27-32-31-19(38)20(39)33(27)3/h5-9,16,25H,4,10-13H2,1-3H3,(H,29,44)(H,30,37)(H,31,38)(H,42,43)/t16?,25-,28+/m0/s1. The van der Waals surface area contributed by atoms with Crippen LogP contribution in [0.1, 0.15) is 25.5 Å². The number of thioether (sulfide) groups is 2. The quantitative estimate of drug-likeness (QED) is 0.150. The van der Waals surface area contributed by atoms with E-state index in [2.05, 4.69) is 20.8 Å². The monoisotopic (exact) mass is 702 g/mol. The fourth-order valence-electron chi connectivity index (χ4n) is 5.40. The van der Waals surface area contributed by atoms with Crippen LogP contribution in [0, 0.1) is 0 Å². The zero-order valence-electron chi connectivity index (χ0n) is 25.3. The number of nitrogens with one attached hydrogen (secondary N) is 3. The predicted octanol–water partition coefficient (Wildman–Crippen LogP) is -0.368. The van der Waals surface area contributed by atoms with E-state index in [1.54, 1.807) is 44.2 Å². The third kappa shape index (κ3) is 6.17. The number of benzene rings is 1. The number of piperazine rings is 1. The third-order valence-electron chi connectivity index (χ3n) is 7.98. The van der Waals surface area contributed by atoms with Gasteiger partial charge in [-0.1, -0.05) is 54.3 Å². The normalized spacial score (nSPS) is 21.6. The number of thiocarbonyl (C=S) groups is 1.